The zero-order valence-corrected chi connectivity index (χ0v) is 22.7. The smallest absolute Gasteiger partial charge is 0.332 e. The van der Waals surface area contributed by atoms with Crippen molar-refractivity contribution in [3.63, 3.8) is 0 Å². The molecule has 4 aromatic rings. The molecule has 2 atom stereocenters. The maximum atomic E-state index is 14.3. The van der Waals surface area contributed by atoms with Crippen LogP contribution in [0, 0.1) is 0 Å². The maximum Gasteiger partial charge on any atom is 0.332 e. The van der Waals surface area contributed by atoms with Gasteiger partial charge in [-0.2, -0.15) is 0 Å². The Kier molecular flexibility index (Phi) is 6.12. The third kappa shape index (κ3) is 3.99. The highest BCUT2D eigenvalue weighted by molar-refractivity contribution is 6.30. The predicted molar refractivity (Wildman–Crippen MR) is 155 cm³/mol. The third-order valence-electron chi connectivity index (χ3n) is 8.54. The summed E-state index contributed by atoms with van der Waals surface area (Å²) in [7, 11) is 0. The van der Waals surface area contributed by atoms with Crippen LogP contribution in [0.4, 0.5) is 10.5 Å². The summed E-state index contributed by atoms with van der Waals surface area (Å²) in [5.74, 6) is -0.582. The second-order valence-electron chi connectivity index (χ2n) is 10.9. The maximum absolute atomic E-state index is 14.3. The van der Waals surface area contributed by atoms with Crippen molar-refractivity contribution in [3.8, 4) is 0 Å². The summed E-state index contributed by atoms with van der Waals surface area (Å²) in [6.45, 7) is 0. The number of para-hydroxylation sites is 2. The van der Waals surface area contributed by atoms with Gasteiger partial charge in [0.2, 0.25) is 0 Å². The zero-order valence-electron chi connectivity index (χ0n) is 21.9. The Morgan fingerprint density at radius 2 is 1.70 bits per heavy atom. The highest BCUT2D eigenvalue weighted by Gasteiger charge is 2.53. The lowest BCUT2D eigenvalue weighted by molar-refractivity contribution is -0.120. The van der Waals surface area contributed by atoms with Gasteiger partial charge in [0.1, 0.15) is 12.1 Å². The molecule has 4 amide bonds. The molecule has 0 spiro atoms. The molecular formula is C32H29ClN4O3. The minimum atomic E-state index is -0.711. The zero-order chi connectivity index (χ0) is 27.4. The predicted octanol–water partition coefficient (Wildman–Crippen LogP) is 6.37. The number of carbonyl (C=O) groups excluding carboxylic acids is 3. The molecule has 3 aliphatic rings. The lowest BCUT2D eigenvalue weighted by atomic mass is 9.89. The van der Waals surface area contributed by atoms with E-state index in [1.54, 1.807) is 35.2 Å². The van der Waals surface area contributed by atoms with Crippen molar-refractivity contribution in [2.24, 2.45) is 0 Å². The number of amides is 4. The number of aromatic nitrogens is 1. The van der Waals surface area contributed by atoms with E-state index in [1.807, 2.05) is 42.5 Å². The molecule has 202 valence electrons. The number of urea groups is 1. The Morgan fingerprint density at radius 3 is 2.52 bits per heavy atom. The van der Waals surface area contributed by atoms with Crippen LogP contribution in [-0.4, -0.2) is 39.8 Å². The van der Waals surface area contributed by atoms with Gasteiger partial charge >= 0.3 is 6.03 Å². The molecule has 3 heterocycles. The van der Waals surface area contributed by atoms with Gasteiger partial charge in [-0.15, -0.1) is 0 Å². The third-order valence-corrected chi connectivity index (χ3v) is 8.78. The first kappa shape index (κ1) is 24.9. The number of nitrogens with one attached hydrogen (secondary N) is 2. The van der Waals surface area contributed by atoms with E-state index in [9.17, 15) is 14.4 Å². The Bertz CT molecular complexity index is 1660. The number of fused-ring (bicyclic) bond motifs is 4. The van der Waals surface area contributed by atoms with Crippen molar-refractivity contribution in [1.29, 1.82) is 0 Å². The summed E-state index contributed by atoms with van der Waals surface area (Å²) >= 11 is 6.40. The van der Waals surface area contributed by atoms with Crippen LogP contribution >= 0.6 is 11.6 Å². The summed E-state index contributed by atoms with van der Waals surface area (Å²) < 4.78 is 0. The molecule has 2 N–H and O–H groups in total. The van der Waals surface area contributed by atoms with Crippen molar-refractivity contribution in [2.75, 3.05) is 4.90 Å². The van der Waals surface area contributed by atoms with Crippen LogP contribution in [0.25, 0.3) is 10.9 Å². The quantitative estimate of drug-likeness (QED) is 0.289. The fourth-order valence-electron chi connectivity index (χ4n) is 6.69. The molecule has 1 aromatic heterocycles. The van der Waals surface area contributed by atoms with Gasteiger partial charge in [0.15, 0.2) is 0 Å². The highest BCUT2D eigenvalue weighted by Crippen LogP contribution is 2.45. The first-order chi connectivity index (χ1) is 19.5. The summed E-state index contributed by atoms with van der Waals surface area (Å²) in [5.41, 5.74) is 4.33. The molecule has 0 radical (unpaired) electrons. The number of halogens is 1. The summed E-state index contributed by atoms with van der Waals surface area (Å²) in [5, 5.41) is 4.73. The minimum absolute atomic E-state index is 0.108. The minimum Gasteiger partial charge on any atom is -0.356 e. The Hall–Kier alpha value is -4.10. The lowest BCUT2D eigenvalue weighted by Crippen LogP contribution is -2.44. The topological polar surface area (TPSA) is 85.5 Å². The molecule has 7 rings (SSSR count). The molecule has 40 heavy (non-hydrogen) atoms. The van der Waals surface area contributed by atoms with Gasteiger partial charge in [-0.3, -0.25) is 14.5 Å². The van der Waals surface area contributed by atoms with Gasteiger partial charge in [-0.05, 0) is 54.3 Å². The van der Waals surface area contributed by atoms with E-state index in [0.717, 1.165) is 53.4 Å². The van der Waals surface area contributed by atoms with E-state index in [2.05, 4.69) is 10.3 Å². The van der Waals surface area contributed by atoms with Gasteiger partial charge in [0.25, 0.3) is 11.8 Å². The highest BCUT2D eigenvalue weighted by atomic mass is 35.5. The molecule has 1 saturated carbocycles. The summed E-state index contributed by atoms with van der Waals surface area (Å²) in [6, 6.07) is 20.7. The van der Waals surface area contributed by atoms with Crippen molar-refractivity contribution < 1.29 is 14.4 Å². The number of aromatic amines is 1. The standard InChI is InChI=1S/C32H29ClN4O3/c33-20-10-8-9-19(17-20)29-28-24(22-13-4-6-15-25(22)35-28)18-27-31(39)37(32(40)36(27)29)26-16-7-5-14-23(26)30(38)34-21-11-2-1-3-12-21/h4-10,13-17,21,27,29,35H,1-3,11-12,18H2,(H,34,38)/t27-,29?/m0/s1. The second-order valence-corrected chi connectivity index (χ2v) is 11.4. The molecule has 1 unspecified atom stereocenters. The van der Waals surface area contributed by atoms with Crippen LogP contribution in [0.3, 0.4) is 0 Å². The van der Waals surface area contributed by atoms with Crippen LogP contribution in [0.5, 0.6) is 0 Å². The largest absolute Gasteiger partial charge is 0.356 e. The number of nitrogens with zero attached hydrogens (tertiary/aromatic N) is 2. The average molecular weight is 553 g/mol. The first-order valence-corrected chi connectivity index (χ1v) is 14.3. The molecule has 1 saturated heterocycles. The number of rotatable bonds is 4. The molecule has 3 aromatic carbocycles. The van der Waals surface area contributed by atoms with E-state index >= 15 is 0 Å². The monoisotopic (exact) mass is 552 g/mol. The summed E-state index contributed by atoms with van der Waals surface area (Å²) in [4.78, 5) is 48.2. The number of hydrogen-bond acceptors (Lipinski definition) is 3. The SMILES string of the molecule is O=C(NC1CCCCC1)c1ccccc1N1C(=O)[C@@H]2Cc3c([nH]c4ccccc34)C(c3cccc(Cl)c3)N2C1=O. The number of imide groups is 1. The number of carbonyl (C=O) groups is 3. The Balaban J connectivity index is 1.31. The number of hydrogen-bond donors (Lipinski definition) is 2. The fourth-order valence-corrected chi connectivity index (χ4v) is 6.89. The molecule has 7 nitrogen and oxygen atoms in total. The number of anilines is 1. The Morgan fingerprint density at radius 1 is 0.925 bits per heavy atom. The van der Waals surface area contributed by atoms with Gasteiger partial charge in [0.05, 0.1) is 11.3 Å². The van der Waals surface area contributed by atoms with Crippen LogP contribution in [0.15, 0.2) is 72.8 Å². The Labute approximate surface area is 237 Å². The normalized spacial score (nSPS) is 21.0. The van der Waals surface area contributed by atoms with Crippen molar-refractivity contribution >= 4 is 46.0 Å². The van der Waals surface area contributed by atoms with Crippen molar-refractivity contribution in [3.05, 3.63) is 100 Å². The van der Waals surface area contributed by atoms with Crippen molar-refractivity contribution in [1.82, 2.24) is 15.2 Å². The molecule has 2 aliphatic heterocycles. The van der Waals surface area contributed by atoms with Gasteiger partial charge in [0, 0.05) is 34.1 Å². The average Bonchev–Trinajstić information content (AvgIpc) is 3.46. The summed E-state index contributed by atoms with van der Waals surface area (Å²) in [6.07, 6.45) is 5.63. The molecule has 2 fully saturated rings. The van der Waals surface area contributed by atoms with Crippen LogP contribution in [0.1, 0.15) is 65.3 Å². The van der Waals surface area contributed by atoms with E-state index in [0.29, 0.717) is 22.7 Å². The molecule has 1 aliphatic carbocycles. The van der Waals surface area contributed by atoms with Gasteiger partial charge in [-0.1, -0.05) is 73.3 Å². The van der Waals surface area contributed by atoms with E-state index in [-0.39, 0.29) is 17.9 Å². The molecule has 0 bridgehead atoms. The lowest BCUT2D eigenvalue weighted by Gasteiger charge is -2.36. The van der Waals surface area contributed by atoms with Gasteiger partial charge < -0.3 is 10.3 Å². The number of H-pyrrole nitrogens is 1. The molecular weight excluding hydrogens is 524 g/mol. The van der Waals surface area contributed by atoms with Crippen LogP contribution in [-0.2, 0) is 11.2 Å². The first-order valence-electron chi connectivity index (χ1n) is 13.9. The van der Waals surface area contributed by atoms with Crippen LogP contribution in [0.2, 0.25) is 5.02 Å². The van der Waals surface area contributed by atoms with E-state index in [4.69, 9.17) is 11.6 Å². The second kappa shape index (κ2) is 9.82. The van der Waals surface area contributed by atoms with Gasteiger partial charge in [-0.25, -0.2) is 9.69 Å². The van der Waals surface area contributed by atoms with E-state index < -0.39 is 18.1 Å². The fraction of sp³-hybridized carbons (Fsp3) is 0.281. The van der Waals surface area contributed by atoms with E-state index in [1.165, 1.54) is 11.3 Å². The van der Waals surface area contributed by atoms with Crippen molar-refractivity contribution in [2.45, 2.75) is 56.7 Å². The van der Waals surface area contributed by atoms with Crippen LogP contribution < -0.4 is 10.2 Å². The molecule has 8 heteroatoms. The number of benzene rings is 3.